The van der Waals surface area contributed by atoms with Crippen LogP contribution >= 0.6 is 0 Å². The zero-order valence-electron chi connectivity index (χ0n) is 32.3. The summed E-state index contributed by atoms with van der Waals surface area (Å²) in [5, 5.41) is 12.6. The summed E-state index contributed by atoms with van der Waals surface area (Å²) in [5.41, 5.74) is 2.01. The molecule has 0 saturated carbocycles. The van der Waals surface area contributed by atoms with Gasteiger partial charge >= 0.3 is 12.1 Å². The molecule has 0 saturated heterocycles. The summed E-state index contributed by atoms with van der Waals surface area (Å²) in [6, 6.07) is 11.1. The smallest absolute Gasteiger partial charge is 0.414 e. The SMILES string of the molecule is COC(=O)c1c(O)c2c(n(Cc3ccc(OC)cc3OC)c1=O)-c1cc3cc(CO[Si](C)(C)C(C)(C)C)n(C)c3cc1N(C(=O)OC(C)(C)C)CC2. The standard InChI is InChI=1S/C39H51N3O9Si/c1-38(2,3)51-37(46)41-16-15-27-33(28-18-24-17-25(40(7)29(24)20-30(28)41)22-50-52(11,12)39(4,5)6)42(35(44)32(34(27)43)36(45)49-10)21-23-13-14-26(47-8)19-31(23)48-9/h13-14,17-20,43H,15-16,21-22H2,1-12H3. The molecule has 2 aromatic carbocycles. The third-order valence-electron chi connectivity index (χ3n) is 10.1. The van der Waals surface area contributed by atoms with Crippen LogP contribution < -0.4 is 19.9 Å². The number of rotatable bonds is 8. The van der Waals surface area contributed by atoms with Crippen molar-refractivity contribution < 1.29 is 38.1 Å². The molecule has 0 radical (unpaired) electrons. The van der Waals surface area contributed by atoms with E-state index in [1.807, 2.05) is 25.2 Å². The Morgan fingerprint density at radius 2 is 1.65 bits per heavy atom. The van der Waals surface area contributed by atoms with Crippen molar-refractivity contribution in [2.75, 3.05) is 32.8 Å². The lowest BCUT2D eigenvalue weighted by Gasteiger charge is -2.36. The fourth-order valence-corrected chi connectivity index (χ4v) is 7.14. The number of hydrogen-bond acceptors (Lipinski definition) is 9. The molecule has 0 fully saturated rings. The van der Waals surface area contributed by atoms with E-state index >= 15 is 0 Å². The topological polar surface area (TPSA) is 131 Å². The Balaban J connectivity index is 1.82. The summed E-state index contributed by atoms with van der Waals surface area (Å²) in [6.07, 6.45) is -0.490. The number of methoxy groups -OCH3 is 3. The van der Waals surface area contributed by atoms with Crippen LogP contribution in [-0.4, -0.2) is 68.1 Å². The number of pyridine rings is 1. The third kappa shape index (κ3) is 7.16. The van der Waals surface area contributed by atoms with Crippen LogP contribution in [0.3, 0.4) is 0 Å². The van der Waals surface area contributed by atoms with Gasteiger partial charge in [-0.3, -0.25) is 9.69 Å². The second kappa shape index (κ2) is 14.0. The summed E-state index contributed by atoms with van der Waals surface area (Å²) < 4.78 is 32.0. The minimum absolute atomic E-state index is 0.0217. The van der Waals surface area contributed by atoms with Crippen molar-refractivity contribution in [2.45, 2.75) is 84.8 Å². The average Bonchev–Trinajstić information content (AvgIpc) is 3.26. The van der Waals surface area contributed by atoms with Crippen LogP contribution in [0.5, 0.6) is 17.2 Å². The minimum atomic E-state index is -2.08. The van der Waals surface area contributed by atoms with Gasteiger partial charge in [0.1, 0.15) is 22.8 Å². The van der Waals surface area contributed by atoms with Crippen molar-refractivity contribution in [1.29, 1.82) is 0 Å². The lowest BCUT2D eigenvalue weighted by molar-refractivity contribution is 0.0574. The molecule has 0 aliphatic carbocycles. The Kier molecular flexibility index (Phi) is 10.4. The fourth-order valence-electron chi connectivity index (χ4n) is 6.20. The van der Waals surface area contributed by atoms with E-state index in [9.17, 15) is 19.5 Å². The minimum Gasteiger partial charge on any atom is -0.506 e. The lowest BCUT2D eigenvalue weighted by Crippen LogP contribution is -2.40. The highest BCUT2D eigenvalue weighted by molar-refractivity contribution is 6.74. The normalized spacial score (nSPS) is 13.3. The number of esters is 1. The predicted octanol–water partition coefficient (Wildman–Crippen LogP) is 7.38. The molecule has 1 aliphatic rings. The Morgan fingerprint density at radius 1 is 0.962 bits per heavy atom. The molecule has 1 amide bonds. The monoisotopic (exact) mass is 733 g/mol. The molecule has 1 aliphatic heterocycles. The van der Waals surface area contributed by atoms with E-state index in [0.717, 1.165) is 23.7 Å². The second-order valence-corrected chi connectivity index (χ2v) is 20.5. The summed E-state index contributed by atoms with van der Waals surface area (Å²) in [5.74, 6) is -0.440. The maximum Gasteiger partial charge on any atom is 0.414 e. The average molecular weight is 734 g/mol. The zero-order chi connectivity index (χ0) is 38.5. The number of hydrogen-bond donors (Lipinski definition) is 1. The van der Waals surface area contributed by atoms with Gasteiger partial charge in [-0.2, -0.15) is 0 Å². The molecule has 4 aromatic rings. The van der Waals surface area contributed by atoms with Gasteiger partial charge in [0.15, 0.2) is 13.9 Å². The second-order valence-electron chi connectivity index (χ2n) is 15.7. The van der Waals surface area contributed by atoms with Crippen LogP contribution in [0, 0.1) is 0 Å². The van der Waals surface area contributed by atoms with Gasteiger partial charge in [0.25, 0.3) is 5.56 Å². The molecule has 52 heavy (non-hydrogen) atoms. The maximum atomic E-state index is 14.4. The van der Waals surface area contributed by atoms with Crippen LogP contribution in [0.1, 0.15) is 68.7 Å². The first-order chi connectivity index (χ1) is 24.2. The number of aromatic hydroxyl groups is 1. The Labute approximate surface area is 305 Å². The number of anilines is 1. The molecule has 0 unspecified atom stereocenters. The van der Waals surface area contributed by atoms with Gasteiger partial charge in [-0.05, 0) is 75.7 Å². The number of carbonyl (C=O) groups is 2. The molecule has 2 aromatic heterocycles. The van der Waals surface area contributed by atoms with Gasteiger partial charge in [-0.1, -0.05) is 20.8 Å². The summed E-state index contributed by atoms with van der Waals surface area (Å²) in [4.78, 5) is 43.0. The Bertz CT molecular complexity index is 2100. The number of nitrogens with zero attached hydrogens (tertiary/aromatic N) is 3. The van der Waals surface area contributed by atoms with E-state index < -0.39 is 42.9 Å². The molecule has 1 N–H and O–H groups in total. The van der Waals surface area contributed by atoms with Crippen molar-refractivity contribution in [3.63, 3.8) is 0 Å². The van der Waals surface area contributed by atoms with Crippen molar-refractivity contribution in [3.05, 3.63) is 69.1 Å². The van der Waals surface area contributed by atoms with Crippen molar-refractivity contribution in [1.82, 2.24) is 9.13 Å². The number of aryl methyl sites for hydroxylation is 1. The summed E-state index contributed by atoms with van der Waals surface area (Å²) >= 11 is 0. The van der Waals surface area contributed by atoms with E-state index in [4.69, 9.17) is 23.4 Å². The number of fused-ring (bicyclic) bond motifs is 4. The molecule has 13 heteroatoms. The highest BCUT2D eigenvalue weighted by atomic mass is 28.4. The zero-order valence-corrected chi connectivity index (χ0v) is 33.3. The third-order valence-corrected chi connectivity index (χ3v) is 14.6. The highest BCUT2D eigenvalue weighted by Crippen LogP contribution is 2.44. The van der Waals surface area contributed by atoms with Crippen LogP contribution in [0.4, 0.5) is 10.5 Å². The van der Waals surface area contributed by atoms with Crippen LogP contribution in [0.15, 0.2) is 41.2 Å². The molecule has 0 bridgehead atoms. The first-order valence-corrected chi connectivity index (χ1v) is 20.2. The highest BCUT2D eigenvalue weighted by Gasteiger charge is 2.38. The Morgan fingerprint density at radius 3 is 2.25 bits per heavy atom. The van der Waals surface area contributed by atoms with Crippen molar-refractivity contribution in [2.24, 2.45) is 7.05 Å². The van der Waals surface area contributed by atoms with Gasteiger partial charge in [-0.25, -0.2) is 9.59 Å². The summed E-state index contributed by atoms with van der Waals surface area (Å²) in [7, 11) is 4.10. The quantitative estimate of drug-likeness (QED) is 0.146. The van der Waals surface area contributed by atoms with Gasteiger partial charge in [0.05, 0.1) is 51.4 Å². The van der Waals surface area contributed by atoms with Gasteiger partial charge in [0.2, 0.25) is 0 Å². The van der Waals surface area contributed by atoms with E-state index in [1.165, 1.54) is 16.6 Å². The Hall–Kier alpha value is -4.75. The first-order valence-electron chi connectivity index (χ1n) is 17.3. The molecule has 280 valence electrons. The van der Waals surface area contributed by atoms with Gasteiger partial charge < -0.3 is 37.6 Å². The summed E-state index contributed by atoms with van der Waals surface area (Å²) in [6.45, 7) is 16.8. The molecule has 3 heterocycles. The van der Waals surface area contributed by atoms with Gasteiger partial charge in [-0.15, -0.1) is 0 Å². The number of ether oxygens (including phenoxy) is 4. The molecular weight excluding hydrogens is 683 g/mol. The van der Waals surface area contributed by atoms with Crippen molar-refractivity contribution >= 4 is 37.0 Å². The largest absolute Gasteiger partial charge is 0.506 e. The van der Waals surface area contributed by atoms with E-state index in [-0.39, 0.29) is 24.5 Å². The number of aromatic nitrogens is 2. The number of carbonyl (C=O) groups excluding carboxylic acids is 2. The molecule has 0 atom stereocenters. The van der Waals surface area contributed by atoms with E-state index in [2.05, 4.69) is 38.4 Å². The first kappa shape index (κ1) is 38.5. The van der Waals surface area contributed by atoms with Crippen LogP contribution in [0.2, 0.25) is 18.1 Å². The van der Waals surface area contributed by atoms with Crippen LogP contribution in [-0.2, 0) is 40.5 Å². The van der Waals surface area contributed by atoms with Crippen molar-refractivity contribution in [3.8, 4) is 28.5 Å². The molecule has 5 rings (SSSR count). The molecule has 0 spiro atoms. The fraction of sp³-hybridized carbons (Fsp3) is 0.462. The molecule has 12 nitrogen and oxygen atoms in total. The van der Waals surface area contributed by atoms with Gasteiger partial charge in [0, 0.05) is 47.4 Å². The van der Waals surface area contributed by atoms with E-state index in [0.29, 0.717) is 46.2 Å². The maximum absolute atomic E-state index is 14.4. The lowest BCUT2D eigenvalue weighted by atomic mass is 9.98. The number of amides is 1. The van der Waals surface area contributed by atoms with Crippen LogP contribution in [0.25, 0.3) is 22.2 Å². The molecular formula is C39H51N3O9Si. The number of benzene rings is 2. The van der Waals surface area contributed by atoms with E-state index in [1.54, 1.807) is 46.1 Å². The predicted molar refractivity (Wildman–Crippen MR) is 204 cm³/mol.